The number of benzene rings is 4. The Morgan fingerprint density at radius 3 is 2.54 bits per heavy atom. The molecule has 0 bridgehead atoms. The van der Waals surface area contributed by atoms with Crippen molar-refractivity contribution in [1.29, 1.82) is 0 Å². The molecule has 3 atom stereocenters. The Kier molecular flexibility index (Phi) is 7.71. The van der Waals surface area contributed by atoms with Crippen LogP contribution in [0, 0.1) is 16.0 Å². The van der Waals surface area contributed by atoms with Gasteiger partial charge in [-0.1, -0.05) is 75.4 Å². The van der Waals surface area contributed by atoms with Crippen molar-refractivity contribution in [3.05, 3.63) is 120 Å². The molecule has 230 valence electrons. The number of anilines is 2. The Morgan fingerprint density at radius 1 is 1.00 bits per heavy atom. The number of imide groups is 1. The van der Waals surface area contributed by atoms with Crippen LogP contribution < -0.4 is 19.8 Å². The first-order chi connectivity index (χ1) is 22.2. The summed E-state index contributed by atoms with van der Waals surface area (Å²) in [5.74, 6) is -2.78. The van der Waals surface area contributed by atoms with E-state index in [-0.39, 0.29) is 22.9 Å². The fourth-order valence-electron chi connectivity index (χ4n) is 5.89. The quantitative estimate of drug-likeness (QED) is 0.117. The minimum absolute atomic E-state index is 0.173. The Hall–Kier alpha value is -4.79. The number of halogens is 1. The lowest BCUT2D eigenvalue weighted by Gasteiger charge is -2.31. The third kappa shape index (κ3) is 5.27. The highest BCUT2D eigenvalue weighted by atomic mass is 79.9. The highest BCUT2D eigenvalue weighted by Gasteiger charge is 2.57. The van der Waals surface area contributed by atoms with E-state index in [0.29, 0.717) is 31.4 Å². The molecule has 2 aliphatic rings. The number of hydrogen-bond donors (Lipinski definition) is 2. The molecule has 0 spiro atoms. The first-order valence-electron chi connectivity index (χ1n) is 13.9. The van der Waals surface area contributed by atoms with Crippen LogP contribution in [0.4, 0.5) is 17.1 Å². The summed E-state index contributed by atoms with van der Waals surface area (Å²) in [7, 11) is 0. The molecule has 3 heterocycles. The Balaban J connectivity index is 1.22. The molecule has 0 radical (unpaired) electrons. The number of aromatic amines is 1. The minimum Gasteiger partial charge on any atom is -0.483 e. The standard InChI is InChI=1S/C32H21BrN4O7S2/c33-17-8-13-23(44-15-24(38)34-22-7-3-5-16-4-1-2-6-20(16)22)21(14-17)25-26-28(45-29-27(25)46-32(41)35-29)31(40)36(30(26)39)18-9-11-19(12-10-18)37(42)43/h1-14,25-26,28H,15H2,(H,34,38)(H,35,41)/t25-,26-,28+/m0/s1. The van der Waals surface area contributed by atoms with E-state index in [1.165, 1.54) is 24.3 Å². The van der Waals surface area contributed by atoms with E-state index >= 15 is 0 Å². The molecular weight excluding hydrogens is 696 g/mol. The first kappa shape index (κ1) is 29.9. The van der Waals surface area contributed by atoms with Gasteiger partial charge in [-0.05, 0) is 41.8 Å². The van der Waals surface area contributed by atoms with E-state index in [9.17, 15) is 29.3 Å². The maximum atomic E-state index is 14.1. The predicted molar refractivity (Wildman–Crippen MR) is 178 cm³/mol. The summed E-state index contributed by atoms with van der Waals surface area (Å²) in [5.41, 5.74) is 1.19. The molecule has 3 amide bonds. The van der Waals surface area contributed by atoms with Gasteiger partial charge < -0.3 is 15.0 Å². The summed E-state index contributed by atoms with van der Waals surface area (Å²) in [4.78, 5) is 68.2. The van der Waals surface area contributed by atoms with Crippen LogP contribution in [-0.2, 0) is 14.4 Å². The number of thiazole rings is 1. The van der Waals surface area contributed by atoms with E-state index < -0.39 is 39.7 Å². The van der Waals surface area contributed by atoms with E-state index in [0.717, 1.165) is 38.8 Å². The Morgan fingerprint density at radius 2 is 1.76 bits per heavy atom. The molecule has 1 aromatic heterocycles. The molecule has 11 nitrogen and oxygen atoms in total. The van der Waals surface area contributed by atoms with Gasteiger partial charge in [0, 0.05) is 44.0 Å². The van der Waals surface area contributed by atoms with Gasteiger partial charge in [-0.25, -0.2) is 4.90 Å². The van der Waals surface area contributed by atoms with Crippen LogP contribution in [0.2, 0.25) is 0 Å². The highest BCUT2D eigenvalue weighted by molar-refractivity contribution is 9.10. The van der Waals surface area contributed by atoms with Crippen LogP contribution in [-0.4, -0.2) is 39.5 Å². The smallest absolute Gasteiger partial charge is 0.305 e. The lowest BCUT2D eigenvalue weighted by Crippen LogP contribution is -2.32. The number of non-ortho nitro benzene ring substituents is 1. The number of rotatable bonds is 7. The maximum absolute atomic E-state index is 14.1. The SMILES string of the molecule is O=C(COc1ccc(Br)cc1[C@@H]1c2sc(=O)[nH]c2S[C@H]2C(=O)N(c3ccc([N+](=O)[O-])cc3)C(=O)[C@@H]12)Nc1cccc2ccccc12. The van der Waals surface area contributed by atoms with Crippen molar-refractivity contribution in [2.45, 2.75) is 16.2 Å². The monoisotopic (exact) mass is 716 g/mol. The summed E-state index contributed by atoms with van der Waals surface area (Å²) >= 11 is 5.56. The van der Waals surface area contributed by atoms with Crippen LogP contribution in [0.15, 0.2) is 99.2 Å². The lowest BCUT2D eigenvalue weighted by atomic mass is 9.82. The van der Waals surface area contributed by atoms with Crippen molar-refractivity contribution >= 4 is 84.6 Å². The van der Waals surface area contributed by atoms with Crippen molar-refractivity contribution < 1.29 is 24.0 Å². The van der Waals surface area contributed by atoms with Gasteiger partial charge in [0.25, 0.3) is 11.6 Å². The van der Waals surface area contributed by atoms with Crippen LogP contribution in [0.5, 0.6) is 5.75 Å². The highest BCUT2D eigenvalue weighted by Crippen LogP contribution is 2.54. The third-order valence-corrected chi connectivity index (χ3v) is 10.8. The van der Waals surface area contributed by atoms with Crippen molar-refractivity contribution in [2.75, 3.05) is 16.8 Å². The molecule has 2 aliphatic heterocycles. The Labute approximate surface area is 276 Å². The van der Waals surface area contributed by atoms with E-state index in [4.69, 9.17) is 4.74 Å². The van der Waals surface area contributed by atoms with Gasteiger partial charge in [0.1, 0.15) is 11.0 Å². The number of fused-ring (bicyclic) bond motifs is 3. The molecule has 0 unspecified atom stereocenters. The zero-order valence-electron chi connectivity index (χ0n) is 23.5. The Bertz CT molecular complexity index is 2130. The van der Waals surface area contributed by atoms with Gasteiger partial charge in [-0.15, -0.1) is 0 Å². The summed E-state index contributed by atoms with van der Waals surface area (Å²) < 4.78 is 6.74. The second-order valence-corrected chi connectivity index (χ2v) is 13.7. The van der Waals surface area contributed by atoms with Crippen LogP contribution in [0.25, 0.3) is 10.8 Å². The maximum Gasteiger partial charge on any atom is 0.305 e. The van der Waals surface area contributed by atoms with E-state index in [2.05, 4.69) is 26.2 Å². The van der Waals surface area contributed by atoms with E-state index in [1.54, 1.807) is 24.3 Å². The molecule has 7 rings (SSSR count). The molecule has 2 N–H and O–H groups in total. The fourth-order valence-corrected chi connectivity index (χ4v) is 8.77. The summed E-state index contributed by atoms with van der Waals surface area (Å²) in [6, 6.07) is 23.7. The number of carbonyl (C=O) groups excluding carboxylic acids is 3. The van der Waals surface area contributed by atoms with E-state index in [1.807, 2.05) is 36.4 Å². The molecule has 1 fully saturated rings. The molecule has 4 aromatic carbocycles. The molecule has 1 saturated heterocycles. The minimum atomic E-state index is -0.923. The van der Waals surface area contributed by atoms with Crippen molar-refractivity contribution in [3.8, 4) is 5.75 Å². The second kappa shape index (κ2) is 11.9. The number of thioether (sulfide) groups is 1. The average molecular weight is 718 g/mol. The van der Waals surface area contributed by atoms with Gasteiger partial charge in [0.2, 0.25) is 11.8 Å². The number of nitrogens with zero attached hydrogens (tertiary/aromatic N) is 2. The average Bonchev–Trinajstić information content (AvgIpc) is 3.54. The second-order valence-electron chi connectivity index (χ2n) is 10.6. The number of amides is 3. The lowest BCUT2D eigenvalue weighted by molar-refractivity contribution is -0.384. The number of nitro groups is 1. The normalized spacial score (nSPS) is 18.7. The number of H-pyrrole nitrogens is 1. The number of carbonyl (C=O) groups is 3. The third-order valence-electron chi connectivity index (χ3n) is 7.87. The molecule has 46 heavy (non-hydrogen) atoms. The van der Waals surface area contributed by atoms with Gasteiger partial charge in [-0.3, -0.25) is 29.3 Å². The van der Waals surface area contributed by atoms with Crippen molar-refractivity contribution in [3.63, 3.8) is 0 Å². The van der Waals surface area contributed by atoms with Gasteiger partial charge in [-0.2, -0.15) is 0 Å². The van der Waals surface area contributed by atoms with Gasteiger partial charge >= 0.3 is 4.87 Å². The molecular formula is C32H21BrN4O7S2. The predicted octanol–water partition coefficient (Wildman–Crippen LogP) is 6.07. The number of nitrogens with one attached hydrogen (secondary N) is 2. The summed E-state index contributed by atoms with van der Waals surface area (Å²) in [6.07, 6.45) is 0. The molecule has 14 heteroatoms. The molecule has 0 saturated carbocycles. The zero-order valence-corrected chi connectivity index (χ0v) is 26.7. The van der Waals surface area contributed by atoms with Crippen LogP contribution >= 0.6 is 39.0 Å². The number of hydrogen-bond acceptors (Lipinski definition) is 9. The first-order valence-corrected chi connectivity index (χ1v) is 16.4. The number of aromatic nitrogens is 1. The topological polar surface area (TPSA) is 152 Å². The van der Waals surface area contributed by atoms with Crippen LogP contribution in [0.3, 0.4) is 0 Å². The fraction of sp³-hybridized carbons (Fsp3) is 0.125. The summed E-state index contributed by atoms with van der Waals surface area (Å²) in [5, 5.41) is 15.5. The molecule has 0 aliphatic carbocycles. The summed E-state index contributed by atoms with van der Waals surface area (Å²) in [6.45, 7) is -0.342. The van der Waals surface area contributed by atoms with Crippen molar-refractivity contribution in [1.82, 2.24) is 4.98 Å². The zero-order chi connectivity index (χ0) is 32.1. The van der Waals surface area contributed by atoms with Crippen LogP contribution in [0.1, 0.15) is 16.4 Å². The molecule has 5 aromatic rings. The largest absolute Gasteiger partial charge is 0.483 e. The van der Waals surface area contributed by atoms with Gasteiger partial charge in [0.15, 0.2) is 6.61 Å². The number of nitro benzene ring substituents is 1. The van der Waals surface area contributed by atoms with Gasteiger partial charge in [0.05, 0.1) is 21.6 Å². The number of ether oxygens (including phenoxy) is 1. The van der Waals surface area contributed by atoms with Crippen molar-refractivity contribution in [2.24, 2.45) is 5.92 Å².